The number of aliphatic hydroxyl groups is 1. The van der Waals surface area contributed by atoms with E-state index in [4.69, 9.17) is 4.65 Å². The minimum Gasteiger partial charge on any atom is -0.508 e. The summed E-state index contributed by atoms with van der Waals surface area (Å²) >= 11 is 0. The first-order valence-electron chi connectivity index (χ1n) is 9.30. The standard InChI is InChI=1S/C22H24BNO4/c1-16(15-25)20-10-11-23(27)28-22(20)9-8-18(21-7-2-3-12-24-21)13-17-5-4-6-19(26)14-17/h2-7,10,12-14,22,25-27H,1,8-9,11,15H2/b18-13-. The molecule has 1 aromatic carbocycles. The van der Waals surface area contributed by atoms with E-state index >= 15 is 0 Å². The monoisotopic (exact) mass is 377 g/mol. The largest absolute Gasteiger partial charge is 0.508 e. The van der Waals surface area contributed by atoms with Crippen LogP contribution < -0.4 is 0 Å². The molecule has 3 N–H and O–H groups in total. The van der Waals surface area contributed by atoms with Gasteiger partial charge in [-0.15, -0.1) is 0 Å². The van der Waals surface area contributed by atoms with E-state index in [1.807, 2.05) is 36.4 Å². The van der Waals surface area contributed by atoms with Crippen LogP contribution >= 0.6 is 0 Å². The number of aromatic nitrogens is 1. The summed E-state index contributed by atoms with van der Waals surface area (Å²) in [6, 6.07) is 12.8. The Morgan fingerprint density at radius 2 is 2.14 bits per heavy atom. The SMILES string of the molecule is C=C(CO)C1=CCB(O)OC1CC/C(=C/c1cccc(O)c1)c1ccccn1. The van der Waals surface area contributed by atoms with Gasteiger partial charge in [-0.05, 0) is 65.5 Å². The zero-order chi connectivity index (χ0) is 19.9. The van der Waals surface area contributed by atoms with Crippen molar-refractivity contribution in [2.24, 2.45) is 0 Å². The van der Waals surface area contributed by atoms with Crippen LogP contribution in [0.4, 0.5) is 0 Å². The Balaban J connectivity index is 1.85. The smallest absolute Gasteiger partial charge is 0.458 e. The topological polar surface area (TPSA) is 82.8 Å². The fourth-order valence-corrected chi connectivity index (χ4v) is 3.29. The molecule has 1 unspecified atom stereocenters. The van der Waals surface area contributed by atoms with Gasteiger partial charge in [0.2, 0.25) is 0 Å². The van der Waals surface area contributed by atoms with Gasteiger partial charge in [-0.1, -0.05) is 30.9 Å². The molecule has 6 heteroatoms. The average molecular weight is 377 g/mol. The molecule has 3 rings (SSSR count). The van der Waals surface area contributed by atoms with Crippen LogP contribution in [0.15, 0.2) is 72.5 Å². The van der Waals surface area contributed by atoms with Gasteiger partial charge in [-0.2, -0.15) is 0 Å². The number of nitrogens with zero attached hydrogens (tertiary/aromatic N) is 1. The molecular weight excluding hydrogens is 353 g/mol. The van der Waals surface area contributed by atoms with Gasteiger partial charge < -0.3 is 19.9 Å². The summed E-state index contributed by atoms with van der Waals surface area (Å²) in [6.07, 6.45) is 6.90. The van der Waals surface area contributed by atoms with Crippen LogP contribution in [0.1, 0.15) is 24.1 Å². The van der Waals surface area contributed by atoms with Crippen LogP contribution in [-0.2, 0) is 4.65 Å². The molecule has 0 radical (unpaired) electrons. The summed E-state index contributed by atoms with van der Waals surface area (Å²) in [6.45, 7) is 3.76. The first-order chi connectivity index (χ1) is 13.6. The minimum atomic E-state index is -0.853. The second-order valence-corrected chi connectivity index (χ2v) is 6.75. The number of hydrogen-bond donors (Lipinski definition) is 3. The zero-order valence-corrected chi connectivity index (χ0v) is 15.7. The van der Waals surface area contributed by atoms with Gasteiger partial charge in [0.1, 0.15) is 5.75 Å². The van der Waals surface area contributed by atoms with E-state index in [-0.39, 0.29) is 18.5 Å². The third-order valence-corrected chi connectivity index (χ3v) is 4.69. The molecule has 0 bridgehead atoms. The van der Waals surface area contributed by atoms with Gasteiger partial charge in [0.15, 0.2) is 0 Å². The van der Waals surface area contributed by atoms with Crippen molar-refractivity contribution in [1.29, 1.82) is 0 Å². The number of pyridine rings is 1. The summed E-state index contributed by atoms with van der Waals surface area (Å²) in [5.74, 6) is 0.206. The van der Waals surface area contributed by atoms with Crippen molar-refractivity contribution in [3.63, 3.8) is 0 Å². The molecular formula is C22H24BNO4. The number of phenolic OH excluding ortho intramolecular Hbond substituents is 1. The molecule has 1 aliphatic heterocycles. The van der Waals surface area contributed by atoms with Crippen molar-refractivity contribution in [3.05, 3.63) is 83.7 Å². The van der Waals surface area contributed by atoms with E-state index in [1.54, 1.807) is 24.4 Å². The van der Waals surface area contributed by atoms with Gasteiger partial charge in [0.25, 0.3) is 0 Å². The molecule has 0 aliphatic carbocycles. The lowest BCUT2D eigenvalue weighted by Gasteiger charge is -2.28. The highest BCUT2D eigenvalue weighted by Crippen LogP contribution is 2.30. The van der Waals surface area contributed by atoms with Gasteiger partial charge in [-0.3, -0.25) is 4.98 Å². The number of allylic oxidation sites excluding steroid dienone is 2. The molecule has 0 amide bonds. The third kappa shape index (κ3) is 5.20. The van der Waals surface area contributed by atoms with E-state index in [0.29, 0.717) is 24.7 Å². The second kappa shape index (κ2) is 9.51. The van der Waals surface area contributed by atoms with Crippen LogP contribution in [0.3, 0.4) is 0 Å². The lowest BCUT2D eigenvalue weighted by atomic mass is 9.78. The molecule has 5 nitrogen and oxygen atoms in total. The molecule has 0 saturated carbocycles. The highest BCUT2D eigenvalue weighted by atomic mass is 16.5. The van der Waals surface area contributed by atoms with Crippen LogP contribution in [0.2, 0.25) is 6.32 Å². The van der Waals surface area contributed by atoms with E-state index in [1.165, 1.54) is 0 Å². The molecule has 144 valence electrons. The van der Waals surface area contributed by atoms with Crippen LogP contribution in [0, 0.1) is 0 Å². The fourth-order valence-electron chi connectivity index (χ4n) is 3.29. The number of hydrogen-bond acceptors (Lipinski definition) is 5. The average Bonchev–Trinajstić information content (AvgIpc) is 2.71. The van der Waals surface area contributed by atoms with Crippen LogP contribution in [0.25, 0.3) is 11.6 Å². The van der Waals surface area contributed by atoms with E-state index in [9.17, 15) is 15.2 Å². The molecule has 0 fully saturated rings. The number of benzene rings is 1. The van der Waals surface area contributed by atoms with Crippen LogP contribution in [-0.4, -0.2) is 40.1 Å². The second-order valence-electron chi connectivity index (χ2n) is 6.75. The molecule has 1 atom stereocenters. The molecule has 1 aliphatic rings. The van der Waals surface area contributed by atoms with Crippen molar-refractivity contribution in [2.45, 2.75) is 25.3 Å². The Morgan fingerprint density at radius 1 is 1.29 bits per heavy atom. The highest BCUT2D eigenvalue weighted by molar-refractivity contribution is 6.43. The Labute approximate surface area is 165 Å². The number of aliphatic hydroxyl groups excluding tert-OH is 1. The Bertz CT molecular complexity index is 879. The van der Waals surface area contributed by atoms with Gasteiger partial charge in [0, 0.05) is 12.5 Å². The predicted molar refractivity (Wildman–Crippen MR) is 111 cm³/mol. The van der Waals surface area contributed by atoms with E-state index in [0.717, 1.165) is 22.4 Å². The first kappa shape index (κ1) is 20.1. The van der Waals surface area contributed by atoms with Crippen molar-refractivity contribution >= 4 is 18.8 Å². The maximum atomic E-state index is 9.89. The highest BCUT2D eigenvalue weighted by Gasteiger charge is 2.28. The van der Waals surface area contributed by atoms with Crippen molar-refractivity contribution < 1.29 is 19.9 Å². The van der Waals surface area contributed by atoms with Gasteiger partial charge in [-0.25, -0.2) is 0 Å². The molecule has 0 saturated heterocycles. The predicted octanol–water partition coefficient (Wildman–Crippen LogP) is 3.46. The molecule has 1 aromatic heterocycles. The lowest BCUT2D eigenvalue weighted by Crippen LogP contribution is -2.32. The zero-order valence-electron chi connectivity index (χ0n) is 15.7. The van der Waals surface area contributed by atoms with Gasteiger partial charge >= 0.3 is 7.12 Å². The summed E-state index contributed by atoms with van der Waals surface area (Å²) in [5.41, 5.74) is 4.15. The number of phenols is 1. The third-order valence-electron chi connectivity index (χ3n) is 4.69. The summed E-state index contributed by atoms with van der Waals surface area (Å²) < 4.78 is 5.71. The lowest BCUT2D eigenvalue weighted by molar-refractivity contribution is 0.182. The summed E-state index contributed by atoms with van der Waals surface area (Å²) in [4.78, 5) is 4.45. The number of rotatable bonds is 7. The fraction of sp³-hybridized carbons (Fsp3) is 0.227. The minimum absolute atomic E-state index is 0.145. The summed E-state index contributed by atoms with van der Waals surface area (Å²) in [7, 11) is -0.853. The van der Waals surface area contributed by atoms with Crippen molar-refractivity contribution in [3.8, 4) is 5.75 Å². The van der Waals surface area contributed by atoms with Gasteiger partial charge in [0.05, 0.1) is 18.4 Å². The first-order valence-corrected chi connectivity index (χ1v) is 9.30. The Morgan fingerprint density at radius 3 is 2.86 bits per heavy atom. The van der Waals surface area contributed by atoms with Crippen molar-refractivity contribution in [2.75, 3.05) is 6.61 Å². The van der Waals surface area contributed by atoms with E-state index in [2.05, 4.69) is 11.6 Å². The maximum Gasteiger partial charge on any atom is 0.458 e. The Hall–Kier alpha value is -2.67. The summed E-state index contributed by atoms with van der Waals surface area (Å²) in [5, 5.41) is 29.1. The van der Waals surface area contributed by atoms with E-state index < -0.39 is 7.12 Å². The van der Waals surface area contributed by atoms with Crippen LogP contribution in [0.5, 0.6) is 5.75 Å². The molecule has 28 heavy (non-hydrogen) atoms. The number of aromatic hydroxyl groups is 1. The molecule has 2 aromatic rings. The Kier molecular flexibility index (Phi) is 6.82. The molecule has 2 heterocycles. The normalized spacial score (nSPS) is 17.4. The quantitative estimate of drug-likeness (QED) is 0.644. The maximum absolute atomic E-state index is 9.89. The van der Waals surface area contributed by atoms with Crippen molar-refractivity contribution in [1.82, 2.24) is 4.98 Å². The molecule has 0 spiro atoms.